The first kappa shape index (κ1) is 8.13. The average Bonchev–Trinajstić information content (AvgIpc) is 2.17. The lowest BCUT2D eigenvalue weighted by atomic mass is 10.2. The van der Waals surface area contributed by atoms with E-state index in [9.17, 15) is 4.79 Å². The van der Waals surface area contributed by atoms with Gasteiger partial charge in [-0.2, -0.15) is 0 Å². The number of halogens is 1. The second-order valence-electron chi connectivity index (χ2n) is 2.53. The Hall–Kier alpha value is -1.48. The zero-order valence-electron chi connectivity index (χ0n) is 6.58. The van der Waals surface area contributed by atoms with Gasteiger partial charge >= 0.3 is 0 Å². The minimum atomic E-state index is 0.0775. The van der Waals surface area contributed by atoms with E-state index in [1.54, 1.807) is 6.07 Å². The summed E-state index contributed by atoms with van der Waals surface area (Å²) < 4.78 is 5.19. The van der Waals surface area contributed by atoms with Gasteiger partial charge in [0.25, 0.3) is 0 Å². The van der Waals surface area contributed by atoms with Crippen LogP contribution >= 0.6 is 11.6 Å². The number of nitrogens with one attached hydrogen (secondary N) is 1. The second kappa shape index (κ2) is 3.11. The minimum absolute atomic E-state index is 0.0775. The predicted octanol–water partition coefficient (Wildman–Crippen LogP) is 2.10. The van der Waals surface area contributed by atoms with Crippen LogP contribution in [0.2, 0.25) is 0 Å². The lowest BCUT2D eigenvalue weighted by molar-refractivity contribution is -0.104. The monoisotopic (exact) mass is 195 g/mol. The Morgan fingerprint density at radius 1 is 1.38 bits per heavy atom. The van der Waals surface area contributed by atoms with Gasteiger partial charge in [0.1, 0.15) is 5.70 Å². The summed E-state index contributed by atoms with van der Waals surface area (Å²) in [6.45, 7) is 0. The van der Waals surface area contributed by atoms with E-state index in [1.807, 2.05) is 18.2 Å². The van der Waals surface area contributed by atoms with Gasteiger partial charge in [-0.15, -0.1) is 0 Å². The molecule has 1 N–H and O–H groups in total. The van der Waals surface area contributed by atoms with Gasteiger partial charge in [0.2, 0.25) is 5.22 Å². The van der Waals surface area contributed by atoms with E-state index in [2.05, 4.69) is 5.32 Å². The van der Waals surface area contributed by atoms with Crippen molar-refractivity contribution in [2.75, 3.05) is 5.32 Å². The number of fused-ring (bicyclic) bond motifs is 1. The molecule has 0 saturated heterocycles. The van der Waals surface area contributed by atoms with Crippen molar-refractivity contribution in [2.24, 2.45) is 0 Å². The Labute approximate surface area is 80.0 Å². The van der Waals surface area contributed by atoms with Crippen LogP contribution in [0.5, 0.6) is 5.75 Å². The zero-order valence-corrected chi connectivity index (χ0v) is 7.34. The maximum Gasteiger partial charge on any atom is 0.220 e. The molecule has 1 aromatic rings. The van der Waals surface area contributed by atoms with Gasteiger partial charge in [-0.25, -0.2) is 0 Å². The fourth-order valence-corrected chi connectivity index (χ4v) is 1.26. The molecule has 1 aromatic carbocycles. The summed E-state index contributed by atoms with van der Waals surface area (Å²) in [4.78, 5) is 10.5. The van der Waals surface area contributed by atoms with E-state index < -0.39 is 0 Å². The van der Waals surface area contributed by atoms with Crippen LogP contribution in [0.25, 0.3) is 0 Å². The molecule has 13 heavy (non-hydrogen) atoms. The summed E-state index contributed by atoms with van der Waals surface area (Å²) in [5.41, 5.74) is 0.995. The maximum atomic E-state index is 10.5. The summed E-state index contributed by atoms with van der Waals surface area (Å²) in [5.74, 6) is 0.623. The van der Waals surface area contributed by atoms with Crippen LogP contribution in [0.1, 0.15) is 0 Å². The molecule has 0 radical (unpaired) electrons. The first-order chi connectivity index (χ1) is 6.31. The molecule has 0 amide bonds. The normalized spacial score (nSPS) is 14.2. The van der Waals surface area contributed by atoms with E-state index in [-0.39, 0.29) is 10.9 Å². The molecule has 4 heteroatoms. The standard InChI is InChI=1S/C9H6ClNO2/c10-9-7(5-12)11-6-3-1-2-4-8(6)13-9/h1-5,11H. The Morgan fingerprint density at radius 3 is 2.92 bits per heavy atom. The maximum absolute atomic E-state index is 10.5. The lowest BCUT2D eigenvalue weighted by Gasteiger charge is -2.18. The SMILES string of the molecule is O=CC1=C(Cl)Oc2ccccc2N1. The van der Waals surface area contributed by atoms with Crippen LogP contribution < -0.4 is 10.1 Å². The third-order valence-corrected chi connectivity index (χ3v) is 1.97. The molecule has 0 aliphatic carbocycles. The van der Waals surface area contributed by atoms with Crippen molar-refractivity contribution in [3.63, 3.8) is 0 Å². The van der Waals surface area contributed by atoms with Gasteiger partial charge in [0.05, 0.1) is 5.69 Å². The molecule has 0 spiro atoms. The zero-order chi connectivity index (χ0) is 9.26. The Balaban J connectivity index is 2.42. The van der Waals surface area contributed by atoms with Crippen LogP contribution in [0, 0.1) is 0 Å². The summed E-state index contributed by atoms with van der Waals surface area (Å²) in [6.07, 6.45) is 0.623. The van der Waals surface area contributed by atoms with E-state index >= 15 is 0 Å². The Morgan fingerprint density at radius 2 is 2.15 bits per heavy atom. The Bertz CT molecular complexity index is 387. The molecule has 1 aliphatic heterocycles. The molecular weight excluding hydrogens is 190 g/mol. The second-order valence-corrected chi connectivity index (χ2v) is 2.87. The van der Waals surface area contributed by atoms with Crippen LogP contribution in [0.3, 0.4) is 0 Å². The van der Waals surface area contributed by atoms with E-state index in [0.717, 1.165) is 5.69 Å². The highest BCUT2D eigenvalue weighted by atomic mass is 35.5. The molecule has 66 valence electrons. The predicted molar refractivity (Wildman–Crippen MR) is 49.6 cm³/mol. The number of anilines is 1. The van der Waals surface area contributed by atoms with E-state index in [0.29, 0.717) is 12.0 Å². The first-order valence-corrected chi connectivity index (χ1v) is 4.08. The van der Waals surface area contributed by atoms with Gasteiger partial charge < -0.3 is 10.1 Å². The molecular formula is C9H6ClNO2. The summed E-state index contributed by atoms with van der Waals surface area (Å²) in [7, 11) is 0. The number of carbonyl (C=O) groups excluding carboxylic acids is 1. The van der Waals surface area contributed by atoms with Crippen molar-refractivity contribution < 1.29 is 9.53 Å². The average molecular weight is 196 g/mol. The summed E-state index contributed by atoms with van der Waals surface area (Å²) in [5, 5.41) is 2.93. The molecule has 0 fully saturated rings. The molecule has 0 unspecified atom stereocenters. The molecule has 3 nitrogen and oxygen atoms in total. The van der Waals surface area contributed by atoms with Crippen LogP contribution in [-0.4, -0.2) is 6.29 Å². The first-order valence-electron chi connectivity index (χ1n) is 3.70. The molecule has 1 aliphatic rings. The number of aldehydes is 1. The quantitative estimate of drug-likeness (QED) is 0.698. The number of carbonyl (C=O) groups is 1. The highest BCUT2D eigenvalue weighted by molar-refractivity contribution is 6.30. The topological polar surface area (TPSA) is 38.3 Å². The minimum Gasteiger partial charge on any atom is -0.441 e. The highest BCUT2D eigenvalue weighted by Gasteiger charge is 2.16. The number of allylic oxidation sites excluding steroid dienone is 1. The van der Waals surface area contributed by atoms with Crippen LogP contribution in [-0.2, 0) is 4.79 Å². The molecule has 1 heterocycles. The van der Waals surface area contributed by atoms with Crippen molar-refractivity contribution >= 4 is 23.6 Å². The van der Waals surface area contributed by atoms with Crippen molar-refractivity contribution in [2.45, 2.75) is 0 Å². The third-order valence-electron chi connectivity index (χ3n) is 1.69. The number of hydrogen-bond donors (Lipinski definition) is 1. The fourth-order valence-electron chi connectivity index (χ4n) is 1.08. The van der Waals surface area contributed by atoms with Gasteiger partial charge in [-0.05, 0) is 23.7 Å². The largest absolute Gasteiger partial charge is 0.441 e. The fraction of sp³-hybridized carbons (Fsp3) is 0. The molecule has 2 rings (SSSR count). The van der Waals surface area contributed by atoms with Crippen LogP contribution in [0.15, 0.2) is 35.2 Å². The molecule has 0 aromatic heterocycles. The van der Waals surface area contributed by atoms with Gasteiger partial charge in [-0.3, -0.25) is 4.79 Å². The Kier molecular flexibility index (Phi) is 1.94. The molecule has 0 saturated carbocycles. The third kappa shape index (κ3) is 1.38. The van der Waals surface area contributed by atoms with E-state index in [1.165, 1.54) is 0 Å². The van der Waals surface area contributed by atoms with Crippen molar-refractivity contribution in [1.29, 1.82) is 0 Å². The molecule has 0 bridgehead atoms. The van der Waals surface area contributed by atoms with Gasteiger partial charge in [0.15, 0.2) is 12.0 Å². The highest BCUT2D eigenvalue weighted by Crippen LogP contribution is 2.32. The van der Waals surface area contributed by atoms with Crippen molar-refractivity contribution in [3.8, 4) is 5.75 Å². The van der Waals surface area contributed by atoms with Crippen LogP contribution in [0.4, 0.5) is 5.69 Å². The number of hydrogen-bond acceptors (Lipinski definition) is 3. The number of benzene rings is 1. The lowest BCUT2D eigenvalue weighted by Crippen LogP contribution is -2.12. The number of rotatable bonds is 1. The summed E-state index contributed by atoms with van der Waals surface area (Å²) in [6, 6.07) is 7.25. The van der Waals surface area contributed by atoms with Gasteiger partial charge in [-0.1, -0.05) is 12.1 Å². The van der Waals surface area contributed by atoms with E-state index in [4.69, 9.17) is 16.3 Å². The van der Waals surface area contributed by atoms with Gasteiger partial charge in [0, 0.05) is 0 Å². The molecule has 0 atom stereocenters. The van der Waals surface area contributed by atoms with Crippen molar-refractivity contribution in [1.82, 2.24) is 0 Å². The van der Waals surface area contributed by atoms with Crippen molar-refractivity contribution in [3.05, 3.63) is 35.2 Å². The number of para-hydroxylation sites is 2. The number of ether oxygens (including phenoxy) is 1. The summed E-state index contributed by atoms with van der Waals surface area (Å²) >= 11 is 5.67. The smallest absolute Gasteiger partial charge is 0.220 e.